The average molecular weight is 400 g/mol. The van der Waals surface area contributed by atoms with E-state index in [0.29, 0.717) is 11.7 Å². The Morgan fingerprint density at radius 2 is 1.85 bits per heavy atom. The van der Waals surface area contributed by atoms with Crippen LogP contribution in [0.15, 0.2) is 23.1 Å². The molecular formula is C17H24N2O7S. The summed E-state index contributed by atoms with van der Waals surface area (Å²) in [6, 6.07) is 4.08. The molecular weight excluding hydrogens is 376 g/mol. The molecule has 0 spiro atoms. The SMILES string of the molecule is COc1ccc(S(=O)(=O)NCC(=O)OCC(=O)N[C@H](C)C2CC2)cc1OC. The Morgan fingerprint density at radius 1 is 1.19 bits per heavy atom. The third-order valence-electron chi connectivity index (χ3n) is 4.15. The molecule has 1 amide bonds. The van der Waals surface area contributed by atoms with Crippen LogP contribution in [-0.4, -0.2) is 53.7 Å². The molecule has 10 heteroatoms. The van der Waals surface area contributed by atoms with Gasteiger partial charge in [0.05, 0.1) is 19.1 Å². The lowest BCUT2D eigenvalue weighted by Crippen LogP contribution is -2.38. The van der Waals surface area contributed by atoms with Crippen molar-refractivity contribution in [2.75, 3.05) is 27.4 Å². The lowest BCUT2D eigenvalue weighted by Gasteiger charge is -2.13. The molecule has 0 saturated heterocycles. The third-order valence-corrected chi connectivity index (χ3v) is 5.55. The fourth-order valence-corrected chi connectivity index (χ4v) is 3.41. The molecule has 0 heterocycles. The maximum Gasteiger partial charge on any atom is 0.321 e. The van der Waals surface area contributed by atoms with Gasteiger partial charge < -0.3 is 19.5 Å². The maximum atomic E-state index is 12.3. The van der Waals surface area contributed by atoms with Gasteiger partial charge >= 0.3 is 5.97 Å². The van der Waals surface area contributed by atoms with E-state index >= 15 is 0 Å². The summed E-state index contributed by atoms with van der Waals surface area (Å²) in [5.74, 6) is -0.163. The minimum absolute atomic E-state index is 0.0414. The molecule has 1 saturated carbocycles. The van der Waals surface area contributed by atoms with E-state index in [1.54, 1.807) is 0 Å². The van der Waals surface area contributed by atoms with Gasteiger partial charge in [0.1, 0.15) is 6.54 Å². The summed E-state index contributed by atoms with van der Waals surface area (Å²) in [6.07, 6.45) is 2.16. The van der Waals surface area contributed by atoms with Crippen molar-refractivity contribution < 1.29 is 32.2 Å². The van der Waals surface area contributed by atoms with Crippen molar-refractivity contribution in [2.24, 2.45) is 5.92 Å². The topological polar surface area (TPSA) is 120 Å². The van der Waals surface area contributed by atoms with Gasteiger partial charge in [0.15, 0.2) is 18.1 Å². The van der Waals surface area contributed by atoms with Crippen LogP contribution in [0, 0.1) is 5.92 Å². The Morgan fingerprint density at radius 3 is 2.44 bits per heavy atom. The molecule has 27 heavy (non-hydrogen) atoms. The van der Waals surface area contributed by atoms with Gasteiger partial charge in [0.25, 0.3) is 5.91 Å². The molecule has 1 aliphatic carbocycles. The summed E-state index contributed by atoms with van der Waals surface area (Å²) in [5.41, 5.74) is 0. The minimum Gasteiger partial charge on any atom is -0.493 e. The van der Waals surface area contributed by atoms with Crippen LogP contribution in [0.3, 0.4) is 0 Å². The Balaban J connectivity index is 1.83. The summed E-state index contributed by atoms with van der Waals surface area (Å²) in [7, 11) is -1.14. The highest BCUT2D eigenvalue weighted by molar-refractivity contribution is 7.89. The molecule has 0 unspecified atom stereocenters. The van der Waals surface area contributed by atoms with Crippen molar-refractivity contribution in [2.45, 2.75) is 30.7 Å². The van der Waals surface area contributed by atoms with E-state index in [4.69, 9.17) is 14.2 Å². The van der Waals surface area contributed by atoms with Crippen LogP contribution in [0.4, 0.5) is 0 Å². The predicted molar refractivity (Wildman–Crippen MR) is 96.0 cm³/mol. The minimum atomic E-state index is -3.96. The smallest absolute Gasteiger partial charge is 0.321 e. The molecule has 2 N–H and O–H groups in total. The zero-order chi connectivity index (χ0) is 20.0. The van der Waals surface area contributed by atoms with Crippen molar-refractivity contribution >= 4 is 21.9 Å². The van der Waals surface area contributed by atoms with Gasteiger partial charge in [-0.3, -0.25) is 9.59 Å². The van der Waals surface area contributed by atoms with E-state index in [0.717, 1.165) is 12.8 Å². The number of carbonyl (C=O) groups excluding carboxylic acids is 2. The summed E-state index contributed by atoms with van der Waals surface area (Å²) < 4.78 is 41.6. The van der Waals surface area contributed by atoms with Crippen LogP contribution in [-0.2, 0) is 24.3 Å². The van der Waals surface area contributed by atoms with Gasteiger partial charge in [-0.15, -0.1) is 0 Å². The number of amides is 1. The first-order valence-corrected chi connectivity index (χ1v) is 9.92. The molecule has 0 aromatic heterocycles. The second-order valence-corrected chi connectivity index (χ2v) is 7.96. The van der Waals surface area contributed by atoms with Crippen LogP contribution in [0.2, 0.25) is 0 Å². The summed E-state index contributed by atoms with van der Waals surface area (Å²) in [5, 5.41) is 2.74. The summed E-state index contributed by atoms with van der Waals surface area (Å²) >= 11 is 0. The van der Waals surface area contributed by atoms with Crippen LogP contribution in [0.1, 0.15) is 19.8 Å². The van der Waals surface area contributed by atoms with E-state index in [9.17, 15) is 18.0 Å². The van der Waals surface area contributed by atoms with Crippen molar-refractivity contribution in [1.29, 1.82) is 0 Å². The Bertz CT molecular complexity index is 790. The highest BCUT2D eigenvalue weighted by Gasteiger charge is 2.29. The molecule has 1 aromatic rings. The lowest BCUT2D eigenvalue weighted by molar-refractivity contribution is -0.147. The number of methoxy groups -OCH3 is 2. The number of carbonyl (C=O) groups is 2. The first-order valence-electron chi connectivity index (χ1n) is 8.43. The van der Waals surface area contributed by atoms with E-state index in [1.807, 2.05) is 6.92 Å². The average Bonchev–Trinajstić information content (AvgIpc) is 3.49. The zero-order valence-corrected chi connectivity index (χ0v) is 16.3. The number of ether oxygens (including phenoxy) is 3. The molecule has 1 atom stereocenters. The first kappa shape index (κ1) is 21.0. The Hall–Kier alpha value is -2.33. The van der Waals surface area contributed by atoms with Gasteiger partial charge in [-0.2, -0.15) is 4.72 Å². The van der Waals surface area contributed by atoms with Crippen molar-refractivity contribution in [1.82, 2.24) is 10.0 Å². The number of hydrogen-bond donors (Lipinski definition) is 2. The quantitative estimate of drug-likeness (QED) is 0.547. The Labute approximate surface area is 158 Å². The molecule has 150 valence electrons. The monoisotopic (exact) mass is 400 g/mol. The molecule has 0 aliphatic heterocycles. The van der Waals surface area contributed by atoms with E-state index < -0.39 is 35.1 Å². The predicted octanol–water partition coefficient (Wildman–Crippen LogP) is 0.440. The zero-order valence-electron chi connectivity index (χ0n) is 15.5. The number of esters is 1. The van der Waals surface area contributed by atoms with E-state index in [-0.39, 0.29) is 16.7 Å². The summed E-state index contributed by atoms with van der Waals surface area (Å²) in [6.45, 7) is 0.852. The van der Waals surface area contributed by atoms with Gasteiger partial charge in [-0.05, 0) is 37.8 Å². The highest BCUT2D eigenvalue weighted by atomic mass is 32.2. The second-order valence-electron chi connectivity index (χ2n) is 6.20. The standard InChI is InChI=1S/C17H24N2O7S/c1-11(12-4-5-12)19-16(20)10-26-17(21)9-18-27(22,23)13-6-7-14(24-2)15(8-13)25-3/h6-8,11-12,18H,4-5,9-10H2,1-3H3,(H,19,20)/t11-/m1/s1. The van der Waals surface area contributed by atoms with Gasteiger partial charge in [0.2, 0.25) is 10.0 Å². The number of rotatable bonds is 10. The fourth-order valence-electron chi connectivity index (χ4n) is 2.43. The Kier molecular flexibility index (Phi) is 7.03. The summed E-state index contributed by atoms with van der Waals surface area (Å²) in [4.78, 5) is 23.3. The van der Waals surface area contributed by atoms with E-state index in [1.165, 1.54) is 32.4 Å². The van der Waals surface area contributed by atoms with Crippen LogP contribution < -0.4 is 19.5 Å². The molecule has 1 aliphatic rings. The van der Waals surface area contributed by atoms with Crippen LogP contribution >= 0.6 is 0 Å². The van der Waals surface area contributed by atoms with Crippen molar-refractivity contribution in [3.05, 3.63) is 18.2 Å². The van der Waals surface area contributed by atoms with Gasteiger partial charge in [-0.1, -0.05) is 0 Å². The van der Waals surface area contributed by atoms with Crippen molar-refractivity contribution in [3.8, 4) is 11.5 Å². The van der Waals surface area contributed by atoms with Crippen molar-refractivity contribution in [3.63, 3.8) is 0 Å². The molecule has 0 bridgehead atoms. The van der Waals surface area contributed by atoms with Gasteiger partial charge in [-0.25, -0.2) is 8.42 Å². The first-order chi connectivity index (χ1) is 12.8. The molecule has 9 nitrogen and oxygen atoms in total. The largest absolute Gasteiger partial charge is 0.493 e. The maximum absolute atomic E-state index is 12.3. The fraction of sp³-hybridized carbons (Fsp3) is 0.529. The second kappa shape index (κ2) is 9.05. The number of benzene rings is 1. The molecule has 1 aromatic carbocycles. The third kappa shape index (κ3) is 6.10. The number of sulfonamides is 1. The van der Waals surface area contributed by atoms with Crippen LogP contribution in [0.5, 0.6) is 11.5 Å². The highest BCUT2D eigenvalue weighted by Crippen LogP contribution is 2.32. The molecule has 1 fully saturated rings. The molecule has 2 rings (SSSR count). The normalized spacial score (nSPS) is 14.9. The number of hydrogen-bond acceptors (Lipinski definition) is 7. The molecule has 0 radical (unpaired) electrons. The van der Waals surface area contributed by atoms with Gasteiger partial charge in [0, 0.05) is 12.1 Å². The lowest BCUT2D eigenvalue weighted by atomic mass is 10.2. The number of nitrogens with one attached hydrogen (secondary N) is 2. The van der Waals surface area contributed by atoms with E-state index in [2.05, 4.69) is 10.0 Å². The van der Waals surface area contributed by atoms with Crippen LogP contribution in [0.25, 0.3) is 0 Å².